The maximum absolute atomic E-state index is 11.7. The molecule has 0 radical (unpaired) electrons. The molecule has 2 unspecified atom stereocenters. The molecule has 0 saturated heterocycles. The molecule has 2 atom stereocenters. The van der Waals surface area contributed by atoms with Crippen LogP contribution in [0.4, 0.5) is 21.0 Å². The third-order valence-corrected chi connectivity index (χ3v) is 9.85. The van der Waals surface area contributed by atoms with Crippen LogP contribution >= 0.6 is 23.2 Å². The van der Waals surface area contributed by atoms with E-state index in [0.29, 0.717) is 45.8 Å². The predicted octanol–water partition coefficient (Wildman–Crippen LogP) is 9.88. The van der Waals surface area contributed by atoms with Crippen molar-refractivity contribution in [1.82, 2.24) is 0 Å². The molecule has 0 heterocycles. The van der Waals surface area contributed by atoms with Crippen molar-refractivity contribution >= 4 is 62.9 Å². The number of carbonyl (C=O) groups excluding carboxylic acids is 2. The Kier molecular flexibility index (Phi) is 15.4. The van der Waals surface area contributed by atoms with Crippen LogP contribution in [0.25, 0.3) is 10.4 Å². The van der Waals surface area contributed by atoms with Crippen molar-refractivity contribution in [2.45, 2.75) is 77.4 Å². The number of carbonyl (C=O) groups is 2. The van der Waals surface area contributed by atoms with E-state index < -0.39 is 34.4 Å². The number of ether oxygens (including phenoxy) is 2. The molecule has 3 N–H and O–H groups in total. The summed E-state index contributed by atoms with van der Waals surface area (Å²) in [6, 6.07) is 11.5. The van der Waals surface area contributed by atoms with E-state index >= 15 is 0 Å². The average molecular weight is 657 g/mol. The molecule has 0 aliphatic heterocycles. The fourth-order valence-corrected chi connectivity index (χ4v) is 5.34. The minimum atomic E-state index is -1.22. The Morgan fingerprint density at radius 1 is 0.857 bits per heavy atom. The summed E-state index contributed by atoms with van der Waals surface area (Å²) in [5.41, 5.74) is 10.9. The number of amides is 2. The fourth-order valence-electron chi connectivity index (χ4n) is 3.23. The van der Waals surface area contributed by atoms with Gasteiger partial charge < -0.3 is 14.6 Å². The zero-order valence-electron chi connectivity index (χ0n) is 25.6. The molecule has 2 aromatic rings. The van der Waals surface area contributed by atoms with Gasteiger partial charge in [-0.1, -0.05) is 86.7 Å². The molecule has 14 heteroatoms. The topological polar surface area (TPSA) is 146 Å². The van der Waals surface area contributed by atoms with Crippen molar-refractivity contribution in [2.75, 3.05) is 23.8 Å². The Bertz CT molecular complexity index is 1250. The quantitative estimate of drug-likeness (QED) is 0.0954. The zero-order chi connectivity index (χ0) is 32.1. The SMILES string of the molecule is CC(N=[N+]=[N-])c1ccc(NC(=O)OCC[Si](C)(C)C)cc1Cl.CC(O)c1ccc(NC(=O)OCC[Si](C)(C)C)cc1Cl. The van der Waals surface area contributed by atoms with Gasteiger partial charge in [-0.15, -0.1) is 0 Å². The van der Waals surface area contributed by atoms with E-state index in [-0.39, 0.29) is 6.04 Å². The molecular weight excluding hydrogens is 613 g/mol. The lowest BCUT2D eigenvalue weighted by atomic mass is 10.1. The molecule has 2 amide bonds. The molecule has 0 spiro atoms. The van der Waals surface area contributed by atoms with E-state index in [1.807, 2.05) is 0 Å². The van der Waals surface area contributed by atoms with Gasteiger partial charge in [0.1, 0.15) is 0 Å². The van der Waals surface area contributed by atoms with E-state index in [0.717, 1.165) is 12.1 Å². The van der Waals surface area contributed by atoms with Crippen LogP contribution in [-0.2, 0) is 9.47 Å². The monoisotopic (exact) mass is 655 g/mol. The third-order valence-electron chi connectivity index (χ3n) is 5.79. The largest absolute Gasteiger partial charge is 0.450 e. The Labute approximate surface area is 260 Å². The van der Waals surface area contributed by atoms with Crippen molar-refractivity contribution in [3.63, 3.8) is 0 Å². The second-order valence-corrected chi connectivity index (χ2v) is 24.2. The van der Waals surface area contributed by atoms with Crippen LogP contribution in [0.2, 0.25) is 61.4 Å². The summed E-state index contributed by atoms with van der Waals surface area (Å²) in [5, 5.41) is 19.2. The van der Waals surface area contributed by atoms with E-state index in [4.69, 9.17) is 38.2 Å². The molecule has 0 aliphatic rings. The lowest BCUT2D eigenvalue weighted by Crippen LogP contribution is -2.24. The average Bonchev–Trinajstić information content (AvgIpc) is 2.83. The number of rotatable bonds is 11. The van der Waals surface area contributed by atoms with Gasteiger partial charge in [0.2, 0.25) is 0 Å². The molecule has 0 bridgehead atoms. The van der Waals surface area contributed by atoms with Crippen molar-refractivity contribution in [1.29, 1.82) is 0 Å². The number of aliphatic hydroxyl groups excluding tert-OH is 1. The number of nitrogens with one attached hydrogen (secondary N) is 2. The smallest absolute Gasteiger partial charge is 0.411 e. The molecule has 232 valence electrons. The summed E-state index contributed by atoms with van der Waals surface area (Å²) in [6.45, 7) is 17.6. The van der Waals surface area contributed by atoms with Crippen LogP contribution in [0.5, 0.6) is 0 Å². The van der Waals surface area contributed by atoms with Gasteiger partial charge in [0.15, 0.2) is 0 Å². The highest BCUT2D eigenvalue weighted by molar-refractivity contribution is 6.76. The first kappa shape index (κ1) is 37.3. The summed E-state index contributed by atoms with van der Waals surface area (Å²) in [5.74, 6) is 0. The van der Waals surface area contributed by atoms with Gasteiger partial charge in [0.05, 0.1) is 25.4 Å². The van der Waals surface area contributed by atoms with Crippen LogP contribution < -0.4 is 10.6 Å². The van der Waals surface area contributed by atoms with E-state index in [1.165, 1.54) is 0 Å². The Morgan fingerprint density at radius 3 is 1.60 bits per heavy atom. The van der Waals surface area contributed by atoms with Gasteiger partial charge in [-0.05, 0) is 59.9 Å². The first-order valence-electron chi connectivity index (χ1n) is 13.6. The molecule has 0 aliphatic carbocycles. The van der Waals surface area contributed by atoms with Gasteiger partial charge in [-0.3, -0.25) is 10.6 Å². The number of hydrogen-bond acceptors (Lipinski definition) is 6. The summed E-state index contributed by atoms with van der Waals surface area (Å²) < 4.78 is 10.3. The van der Waals surface area contributed by atoms with E-state index in [2.05, 4.69) is 59.9 Å². The Balaban J connectivity index is 0.000000422. The maximum atomic E-state index is 11.7. The molecular formula is C28H43Cl2N5O5Si2. The van der Waals surface area contributed by atoms with Crippen LogP contribution in [0.15, 0.2) is 41.5 Å². The minimum absolute atomic E-state index is 0.366. The lowest BCUT2D eigenvalue weighted by molar-refractivity contribution is 0.166. The first-order valence-corrected chi connectivity index (χ1v) is 21.8. The van der Waals surface area contributed by atoms with Crippen molar-refractivity contribution in [3.05, 3.63) is 68.0 Å². The molecule has 0 aromatic heterocycles. The highest BCUT2D eigenvalue weighted by Gasteiger charge is 2.16. The number of hydrogen-bond donors (Lipinski definition) is 3. The number of benzene rings is 2. The van der Waals surface area contributed by atoms with Crippen molar-refractivity contribution < 1.29 is 24.2 Å². The number of anilines is 2. The maximum Gasteiger partial charge on any atom is 0.411 e. The van der Waals surface area contributed by atoms with Gasteiger partial charge in [0, 0.05) is 42.5 Å². The number of nitrogens with zero attached hydrogens (tertiary/aromatic N) is 3. The second-order valence-electron chi connectivity index (χ2n) is 12.2. The summed E-state index contributed by atoms with van der Waals surface area (Å²) in [4.78, 5) is 26.1. The summed E-state index contributed by atoms with van der Waals surface area (Å²) >= 11 is 12.2. The minimum Gasteiger partial charge on any atom is -0.450 e. The van der Waals surface area contributed by atoms with Gasteiger partial charge in [0.25, 0.3) is 0 Å². The zero-order valence-corrected chi connectivity index (χ0v) is 29.1. The molecule has 0 fully saturated rings. The summed E-state index contributed by atoms with van der Waals surface area (Å²) in [7, 11) is -2.42. The molecule has 10 nitrogen and oxygen atoms in total. The normalized spacial score (nSPS) is 12.5. The van der Waals surface area contributed by atoms with Gasteiger partial charge in [-0.2, -0.15) is 0 Å². The van der Waals surface area contributed by atoms with Gasteiger partial charge >= 0.3 is 12.2 Å². The fraction of sp³-hybridized carbons (Fsp3) is 0.500. The second kappa shape index (κ2) is 17.4. The first-order chi connectivity index (χ1) is 19.4. The van der Waals surface area contributed by atoms with E-state index in [9.17, 15) is 14.7 Å². The highest BCUT2D eigenvalue weighted by atomic mass is 35.5. The molecule has 2 rings (SSSR count). The van der Waals surface area contributed by atoms with Crippen LogP contribution in [0, 0.1) is 0 Å². The standard InChI is InChI=1S/C14H21ClN4O2Si.C14H22ClNO3Si/c1-10(18-19-16)12-6-5-11(9-13(12)15)17-14(20)21-7-8-22(2,3)4;1-10(17)12-6-5-11(9-13(12)15)16-14(18)19-7-8-20(2,3)4/h5-6,9-10H,7-8H2,1-4H3,(H,17,20);5-6,9-10,17H,7-8H2,1-4H3,(H,16,18). The number of halogens is 2. The van der Waals surface area contributed by atoms with Crippen LogP contribution in [0.3, 0.4) is 0 Å². The van der Waals surface area contributed by atoms with Crippen molar-refractivity contribution in [3.8, 4) is 0 Å². The van der Waals surface area contributed by atoms with Gasteiger partial charge in [-0.25, -0.2) is 9.59 Å². The number of azide groups is 1. The summed E-state index contributed by atoms with van der Waals surface area (Å²) in [6.07, 6.45) is -1.62. The Morgan fingerprint density at radius 2 is 1.26 bits per heavy atom. The highest BCUT2D eigenvalue weighted by Crippen LogP contribution is 2.29. The van der Waals surface area contributed by atoms with Crippen LogP contribution in [-0.4, -0.2) is 46.7 Å². The molecule has 2 aromatic carbocycles. The Hall–Kier alpha value is -2.74. The predicted molar refractivity (Wildman–Crippen MR) is 177 cm³/mol. The lowest BCUT2D eigenvalue weighted by Gasteiger charge is -2.15. The van der Waals surface area contributed by atoms with Crippen molar-refractivity contribution in [2.24, 2.45) is 5.11 Å². The van der Waals surface area contributed by atoms with E-state index in [1.54, 1.807) is 50.2 Å². The third kappa shape index (κ3) is 15.5. The molecule has 42 heavy (non-hydrogen) atoms. The molecule has 0 saturated carbocycles. The van der Waals surface area contributed by atoms with Crippen LogP contribution in [0.1, 0.15) is 37.1 Å². The number of aliphatic hydroxyl groups is 1.